The molecule has 0 saturated carbocycles. The highest BCUT2D eigenvalue weighted by Crippen LogP contribution is 2.22. The van der Waals surface area contributed by atoms with Gasteiger partial charge in [-0.25, -0.2) is 0 Å². The van der Waals surface area contributed by atoms with Crippen LogP contribution in [0.3, 0.4) is 0 Å². The molecule has 0 radical (unpaired) electrons. The lowest BCUT2D eigenvalue weighted by Gasteiger charge is -2.06. The van der Waals surface area contributed by atoms with Gasteiger partial charge in [0.25, 0.3) is 0 Å². The van der Waals surface area contributed by atoms with Gasteiger partial charge in [0.2, 0.25) is 5.91 Å². The van der Waals surface area contributed by atoms with Crippen LogP contribution in [0.25, 0.3) is 0 Å². The van der Waals surface area contributed by atoms with E-state index in [0.717, 1.165) is 4.90 Å². The Labute approximate surface area is 131 Å². The number of nitriles is 1. The number of thioether (sulfide) groups is 1. The Morgan fingerprint density at radius 3 is 2.81 bits per heavy atom. The summed E-state index contributed by atoms with van der Waals surface area (Å²) in [5.74, 6) is 0.115. The minimum Gasteiger partial charge on any atom is -0.399 e. The van der Waals surface area contributed by atoms with Crippen molar-refractivity contribution in [1.82, 2.24) is 0 Å². The molecule has 2 rings (SSSR count). The van der Waals surface area contributed by atoms with E-state index >= 15 is 0 Å². The summed E-state index contributed by atoms with van der Waals surface area (Å²) < 4.78 is 0. The second-order valence-electron chi connectivity index (χ2n) is 4.22. The third-order valence-electron chi connectivity index (χ3n) is 2.60. The predicted molar refractivity (Wildman–Crippen MR) is 86.4 cm³/mol. The van der Waals surface area contributed by atoms with Crippen molar-refractivity contribution in [3.63, 3.8) is 0 Å². The predicted octanol–water partition coefficient (Wildman–Crippen LogP) is 3.52. The second-order valence-corrected chi connectivity index (χ2v) is 5.67. The molecule has 0 atom stereocenters. The lowest BCUT2D eigenvalue weighted by Crippen LogP contribution is -2.14. The number of hydrogen-bond donors (Lipinski definition) is 2. The average molecular weight is 318 g/mol. The summed E-state index contributed by atoms with van der Waals surface area (Å²) in [4.78, 5) is 12.8. The Morgan fingerprint density at radius 1 is 1.33 bits per heavy atom. The Hall–Kier alpha value is -2.16. The van der Waals surface area contributed by atoms with E-state index < -0.39 is 0 Å². The van der Waals surface area contributed by atoms with E-state index in [0.29, 0.717) is 22.0 Å². The topological polar surface area (TPSA) is 78.9 Å². The van der Waals surface area contributed by atoms with Gasteiger partial charge < -0.3 is 11.1 Å². The summed E-state index contributed by atoms with van der Waals surface area (Å²) in [6.45, 7) is 0. The van der Waals surface area contributed by atoms with Gasteiger partial charge in [-0.05, 0) is 36.4 Å². The summed E-state index contributed by atoms with van der Waals surface area (Å²) in [7, 11) is 0. The van der Waals surface area contributed by atoms with Crippen LogP contribution in [0, 0.1) is 11.3 Å². The van der Waals surface area contributed by atoms with E-state index in [4.69, 9.17) is 22.6 Å². The SMILES string of the molecule is N#Cc1ccc(NC(=O)CSc2cccc(N)c2)cc1Cl. The summed E-state index contributed by atoms with van der Waals surface area (Å²) in [6.07, 6.45) is 0. The van der Waals surface area contributed by atoms with E-state index in [1.54, 1.807) is 24.3 Å². The van der Waals surface area contributed by atoms with E-state index in [1.165, 1.54) is 11.8 Å². The fraction of sp³-hybridized carbons (Fsp3) is 0.0667. The standard InChI is InChI=1S/C15H12ClN3OS/c16-14-7-12(5-4-10(14)8-17)19-15(20)9-21-13-3-1-2-11(18)6-13/h1-7H,9,18H2,(H,19,20). The molecule has 0 aliphatic heterocycles. The number of halogens is 1. The number of rotatable bonds is 4. The summed E-state index contributed by atoms with van der Waals surface area (Å²) in [5.41, 5.74) is 7.29. The highest BCUT2D eigenvalue weighted by atomic mass is 35.5. The molecule has 0 fully saturated rings. The normalized spacial score (nSPS) is 9.90. The molecule has 4 nitrogen and oxygen atoms in total. The van der Waals surface area contributed by atoms with Crippen LogP contribution in [0.4, 0.5) is 11.4 Å². The molecule has 1 amide bonds. The van der Waals surface area contributed by atoms with E-state index in [9.17, 15) is 4.79 Å². The highest BCUT2D eigenvalue weighted by molar-refractivity contribution is 8.00. The van der Waals surface area contributed by atoms with Crippen LogP contribution in [-0.4, -0.2) is 11.7 Å². The number of benzene rings is 2. The quantitative estimate of drug-likeness (QED) is 0.668. The number of amides is 1. The van der Waals surface area contributed by atoms with Gasteiger partial charge in [0.1, 0.15) is 6.07 Å². The van der Waals surface area contributed by atoms with Crippen molar-refractivity contribution in [1.29, 1.82) is 5.26 Å². The van der Waals surface area contributed by atoms with Crippen molar-refractivity contribution in [3.8, 4) is 6.07 Å². The molecule has 0 bridgehead atoms. The van der Waals surface area contributed by atoms with Crippen molar-refractivity contribution >= 4 is 40.6 Å². The molecule has 0 unspecified atom stereocenters. The Kier molecular flexibility index (Phi) is 5.09. The number of anilines is 2. The number of carbonyl (C=O) groups is 1. The highest BCUT2D eigenvalue weighted by Gasteiger charge is 2.06. The summed E-state index contributed by atoms with van der Waals surface area (Å²) in [6, 6.07) is 14.1. The molecule has 21 heavy (non-hydrogen) atoms. The molecule has 0 aromatic heterocycles. The molecule has 6 heteroatoms. The Morgan fingerprint density at radius 2 is 2.14 bits per heavy atom. The molecule has 2 aromatic rings. The van der Waals surface area contributed by atoms with Crippen LogP contribution in [0.2, 0.25) is 5.02 Å². The van der Waals surface area contributed by atoms with Crippen molar-refractivity contribution in [3.05, 3.63) is 53.1 Å². The van der Waals surface area contributed by atoms with Crippen LogP contribution in [0.15, 0.2) is 47.4 Å². The number of nitrogens with two attached hydrogens (primary N) is 1. The number of hydrogen-bond acceptors (Lipinski definition) is 4. The minimum atomic E-state index is -0.150. The third kappa shape index (κ3) is 4.42. The first-order valence-corrected chi connectivity index (χ1v) is 7.42. The summed E-state index contributed by atoms with van der Waals surface area (Å²) >= 11 is 7.31. The maximum atomic E-state index is 11.9. The van der Waals surface area contributed by atoms with Crippen LogP contribution in [0.1, 0.15) is 5.56 Å². The largest absolute Gasteiger partial charge is 0.399 e. The van der Waals surface area contributed by atoms with Gasteiger partial charge in [0.15, 0.2) is 0 Å². The van der Waals surface area contributed by atoms with Crippen LogP contribution >= 0.6 is 23.4 Å². The molecule has 3 N–H and O–H groups in total. The number of carbonyl (C=O) groups excluding carboxylic acids is 1. The molecular weight excluding hydrogens is 306 g/mol. The van der Waals surface area contributed by atoms with Gasteiger partial charge >= 0.3 is 0 Å². The Balaban J connectivity index is 1.93. The number of nitrogen functional groups attached to an aromatic ring is 1. The van der Waals surface area contributed by atoms with Gasteiger partial charge in [-0.3, -0.25) is 4.79 Å². The zero-order chi connectivity index (χ0) is 15.2. The average Bonchev–Trinajstić information content (AvgIpc) is 2.45. The molecule has 2 aromatic carbocycles. The molecule has 0 aliphatic rings. The third-order valence-corrected chi connectivity index (χ3v) is 3.91. The summed E-state index contributed by atoms with van der Waals surface area (Å²) in [5, 5.41) is 11.8. The van der Waals surface area contributed by atoms with E-state index in [2.05, 4.69) is 5.32 Å². The maximum Gasteiger partial charge on any atom is 0.234 e. The zero-order valence-corrected chi connectivity index (χ0v) is 12.5. The monoisotopic (exact) mass is 317 g/mol. The zero-order valence-electron chi connectivity index (χ0n) is 11.0. The van der Waals surface area contributed by atoms with Gasteiger partial charge in [-0.2, -0.15) is 5.26 Å². The van der Waals surface area contributed by atoms with Crippen LogP contribution in [-0.2, 0) is 4.79 Å². The molecule has 0 aliphatic carbocycles. The first-order chi connectivity index (χ1) is 10.1. The minimum absolute atomic E-state index is 0.150. The first kappa shape index (κ1) is 15.2. The first-order valence-electron chi connectivity index (χ1n) is 6.06. The van der Waals surface area contributed by atoms with E-state index in [-0.39, 0.29) is 11.7 Å². The van der Waals surface area contributed by atoms with Crippen LogP contribution in [0.5, 0.6) is 0 Å². The second kappa shape index (κ2) is 7.02. The Bertz CT molecular complexity index is 712. The molecule has 0 saturated heterocycles. The molecular formula is C15H12ClN3OS. The number of nitrogens with zero attached hydrogens (tertiary/aromatic N) is 1. The molecule has 0 heterocycles. The van der Waals surface area contributed by atoms with Crippen molar-refractivity contribution in [2.24, 2.45) is 0 Å². The molecule has 106 valence electrons. The van der Waals surface area contributed by atoms with Gasteiger partial charge in [-0.15, -0.1) is 11.8 Å². The number of nitrogens with one attached hydrogen (secondary N) is 1. The lowest BCUT2D eigenvalue weighted by molar-refractivity contribution is -0.113. The van der Waals surface area contributed by atoms with Crippen molar-refractivity contribution in [2.75, 3.05) is 16.8 Å². The smallest absolute Gasteiger partial charge is 0.234 e. The maximum absolute atomic E-state index is 11.9. The van der Waals surface area contributed by atoms with Gasteiger partial charge in [-0.1, -0.05) is 17.7 Å². The lowest BCUT2D eigenvalue weighted by atomic mass is 10.2. The fourth-order valence-electron chi connectivity index (χ4n) is 1.63. The molecule has 0 spiro atoms. The van der Waals surface area contributed by atoms with Gasteiger partial charge in [0.05, 0.1) is 16.3 Å². The van der Waals surface area contributed by atoms with Crippen LogP contribution < -0.4 is 11.1 Å². The fourth-order valence-corrected chi connectivity index (χ4v) is 2.62. The van der Waals surface area contributed by atoms with Crippen molar-refractivity contribution in [2.45, 2.75) is 4.90 Å². The van der Waals surface area contributed by atoms with Crippen molar-refractivity contribution < 1.29 is 4.79 Å². The van der Waals surface area contributed by atoms with Gasteiger partial charge in [0, 0.05) is 16.3 Å². The van der Waals surface area contributed by atoms with E-state index in [1.807, 2.05) is 24.3 Å².